The number of aliphatic hydroxyl groups is 1. The summed E-state index contributed by atoms with van der Waals surface area (Å²) in [5, 5.41) is 10.2. The van der Waals surface area contributed by atoms with Gasteiger partial charge in [0.25, 0.3) is 0 Å². The van der Waals surface area contributed by atoms with Gasteiger partial charge in [-0.2, -0.15) is 0 Å². The van der Waals surface area contributed by atoms with Crippen LogP contribution in [0.15, 0.2) is 42.6 Å². The molecule has 0 radical (unpaired) electrons. The highest BCUT2D eigenvalue weighted by Gasteiger charge is 2.13. The van der Waals surface area contributed by atoms with E-state index in [0.717, 1.165) is 11.1 Å². The molecular formula is C14H15NO. The SMILES string of the molecule is Cc1ccc(C(O)c2ccccn2)c(C)c1. The van der Waals surface area contributed by atoms with Crippen LogP contribution in [0.2, 0.25) is 0 Å². The Bertz CT molecular complexity index is 479. The molecule has 0 saturated carbocycles. The number of pyridine rings is 1. The smallest absolute Gasteiger partial charge is 0.121 e. The lowest BCUT2D eigenvalue weighted by molar-refractivity contribution is 0.214. The average Bonchev–Trinajstić information content (AvgIpc) is 2.29. The second-order valence-corrected chi connectivity index (χ2v) is 4.02. The first-order chi connectivity index (χ1) is 7.68. The fraction of sp³-hybridized carbons (Fsp3) is 0.214. The molecule has 1 unspecified atom stereocenters. The van der Waals surface area contributed by atoms with Gasteiger partial charge >= 0.3 is 0 Å². The van der Waals surface area contributed by atoms with Crippen molar-refractivity contribution >= 4 is 0 Å². The van der Waals surface area contributed by atoms with Gasteiger partial charge in [-0.1, -0.05) is 29.8 Å². The standard InChI is InChI=1S/C14H15NO/c1-10-6-7-12(11(2)9-10)14(16)13-5-3-4-8-15-13/h3-9,14,16H,1-2H3. The van der Waals surface area contributed by atoms with Crippen molar-refractivity contribution in [2.24, 2.45) is 0 Å². The molecule has 0 saturated heterocycles. The van der Waals surface area contributed by atoms with E-state index in [1.165, 1.54) is 5.56 Å². The molecule has 0 aliphatic heterocycles. The zero-order valence-electron chi connectivity index (χ0n) is 9.51. The number of hydrogen-bond acceptors (Lipinski definition) is 2. The number of benzene rings is 1. The molecule has 0 spiro atoms. The van der Waals surface area contributed by atoms with Gasteiger partial charge in [-0.3, -0.25) is 4.98 Å². The van der Waals surface area contributed by atoms with Crippen LogP contribution in [-0.4, -0.2) is 10.1 Å². The van der Waals surface area contributed by atoms with Crippen molar-refractivity contribution in [3.8, 4) is 0 Å². The molecule has 2 aromatic rings. The van der Waals surface area contributed by atoms with Crippen molar-refractivity contribution in [1.29, 1.82) is 0 Å². The van der Waals surface area contributed by atoms with Crippen LogP contribution in [0.3, 0.4) is 0 Å². The zero-order chi connectivity index (χ0) is 11.5. The Labute approximate surface area is 95.6 Å². The second kappa shape index (κ2) is 4.45. The van der Waals surface area contributed by atoms with Crippen LogP contribution in [0.4, 0.5) is 0 Å². The number of aliphatic hydroxyl groups excluding tert-OH is 1. The maximum absolute atomic E-state index is 10.2. The summed E-state index contributed by atoms with van der Waals surface area (Å²) >= 11 is 0. The minimum absolute atomic E-state index is 0.637. The summed E-state index contributed by atoms with van der Waals surface area (Å²) in [5.74, 6) is 0. The molecule has 0 bridgehead atoms. The van der Waals surface area contributed by atoms with Crippen molar-refractivity contribution in [1.82, 2.24) is 4.98 Å². The fourth-order valence-electron chi connectivity index (χ4n) is 1.83. The lowest BCUT2D eigenvalue weighted by atomic mass is 9.99. The first-order valence-electron chi connectivity index (χ1n) is 5.34. The van der Waals surface area contributed by atoms with Crippen LogP contribution in [0.5, 0.6) is 0 Å². The summed E-state index contributed by atoms with van der Waals surface area (Å²) in [5.41, 5.74) is 3.91. The van der Waals surface area contributed by atoms with E-state index in [4.69, 9.17) is 0 Å². The Morgan fingerprint density at radius 3 is 2.56 bits per heavy atom. The third-order valence-corrected chi connectivity index (χ3v) is 2.69. The predicted octanol–water partition coefficient (Wildman–Crippen LogP) is 2.78. The Hall–Kier alpha value is -1.67. The largest absolute Gasteiger partial charge is 0.382 e. The minimum atomic E-state index is -0.637. The highest BCUT2D eigenvalue weighted by Crippen LogP contribution is 2.23. The number of aryl methyl sites for hydroxylation is 2. The minimum Gasteiger partial charge on any atom is -0.382 e. The maximum Gasteiger partial charge on any atom is 0.121 e. The van der Waals surface area contributed by atoms with E-state index < -0.39 is 6.10 Å². The molecule has 1 heterocycles. The van der Waals surface area contributed by atoms with Crippen molar-refractivity contribution < 1.29 is 5.11 Å². The molecule has 1 N–H and O–H groups in total. The van der Waals surface area contributed by atoms with E-state index in [1.54, 1.807) is 6.20 Å². The van der Waals surface area contributed by atoms with Gasteiger partial charge in [0.05, 0.1) is 5.69 Å². The molecule has 2 heteroatoms. The molecule has 2 nitrogen and oxygen atoms in total. The van der Waals surface area contributed by atoms with Crippen LogP contribution in [-0.2, 0) is 0 Å². The summed E-state index contributed by atoms with van der Waals surface area (Å²) in [7, 11) is 0. The lowest BCUT2D eigenvalue weighted by Gasteiger charge is -2.13. The van der Waals surface area contributed by atoms with Gasteiger partial charge in [0.1, 0.15) is 6.10 Å². The molecule has 0 aliphatic rings. The topological polar surface area (TPSA) is 33.1 Å². The lowest BCUT2D eigenvalue weighted by Crippen LogP contribution is -2.03. The molecule has 1 aromatic heterocycles. The summed E-state index contributed by atoms with van der Waals surface area (Å²) in [4.78, 5) is 4.17. The number of aromatic nitrogens is 1. The Morgan fingerprint density at radius 2 is 1.94 bits per heavy atom. The third-order valence-electron chi connectivity index (χ3n) is 2.69. The second-order valence-electron chi connectivity index (χ2n) is 4.02. The Morgan fingerprint density at radius 1 is 1.12 bits per heavy atom. The van der Waals surface area contributed by atoms with Gasteiger partial charge in [-0.15, -0.1) is 0 Å². The van der Waals surface area contributed by atoms with Crippen LogP contribution >= 0.6 is 0 Å². The Balaban J connectivity index is 2.38. The van der Waals surface area contributed by atoms with Crippen molar-refractivity contribution in [2.75, 3.05) is 0 Å². The van der Waals surface area contributed by atoms with Crippen LogP contribution in [0.25, 0.3) is 0 Å². The van der Waals surface area contributed by atoms with Gasteiger partial charge in [-0.05, 0) is 37.1 Å². The highest BCUT2D eigenvalue weighted by molar-refractivity contribution is 5.35. The first kappa shape index (κ1) is 10.8. The summed E-state index contributed by atoms with van der Waals surface area (Å²) < 4.78 is 0. The molecule has 0 amide bonds. The van der Waals surface area contributed by atoms with Gasteiger partial charge in [0, 0.05) is 6.20 Å². The van der Waals surface area contributed by atoms with Crippen molar-refractivity contribution in [3.05, 3.63) is 65.0 Å². The van der Waals surface area contributed by atoms with E-state index in [1.807, 2.05) is 44.2 Å². The van der Waals surface area contributed by atoms with Crippen LogP contribution in [0.1, 0.15) is 28.5 Å². The maximum atomic E-state index is 10.2. The molecule has 16 heavy (non-hydrogen) atoms. The molecule has 2 rings (SSSR count). The normalized spacial score (nSPS) is 12.4. The number of nitrogens with zero attached hydrogens (tertiary/aromatic N) is 1. The van der Waals surface area contributed by atoms with Crippen LogP contribution < -0.4 is 0 Å². The summed E-state index contributed by atoms with van der Waals surface area (Å²) in [6.07, 6.45) is 1.06. The molecule has 0 aliphatic carbocycles. The Kier molecular flexibility index (Phi) is 3.02. The number of rotatable bonds is 2. The predicted molar refractivity (Wildman–Crippen MR) is 64.2 cm³/mol. The van der Waals surface area contributed by atoms with E-state index in [-0.39, 0.29) is 0 Å². The van der Waals surface area contributed by atoms with E-state index in [2.05, 4.69) is 11.1 Å². The monoisotopic (exact) mass is 213 g/mol. The third kappa shape index (κ3) is 2.12. The molecule has 1 aromatic carbocycles. The average molecular weight is 213 g/mol. The van der Waals surface area contributed by atoms with Crippen molar-refractivity contribution in [2.45, 2.75) is 20.0 Å². The van der Waals surface area contributed by atoms with E-state index >= 15 is 0 Å². The highest BCUT2D eigenvalue weighted by atomic mass is 16.3. The first-order valence-corrected chi connectivity index (χ1v) is 5.34. The summed E-state index contributed by atoms with van der Waals surface area (Å²) in [6, 6.07) is 11.6. The zero-order valence-corrected chi connectivity index (χ0v) is 9.51. The van der Waals surface area contributed by atoms with Crippen molar-refractivity contribution in [3.63, 3.8) is 0 Å². The molecule has 82 valence electrons. The fourth-order valence-corrected chi connectivity index (χ4v) is 1.83. The quantitative estimate of drug-likeness (QED) is 0.832. The molecule has 1 atom stereocenters. The van der Waals surface area contributed by atoms with Gasteiger partial charge in [-0.25, -0.2) is 0 Å². The van der Waals surface area contributed by atoms with Gasteiger partial charge in [0.2, 0.25) is 0 Å². The van der Waals surface area contributed by atoms with E-state index in [9.17, 15) is 5.11 Å². The van der Waals surface area contributed by atoms with E-state index in [0.29, 0.717) is 5.69 Å². The molecular weight excluding hydrogens is 198 g/mol. The van der Waals surface area contributed by atoms with Gasteiger partial charge in [0.15, 0.2) is 0 Å². The number of hydrogen-bond donors (Lipinski definition) is 1. The van der Waals surface area contributed by atoms with Gasteiger partial charge < -0.3 is 5.11 Å². The summed E-state index contributed by atoms with van der Waals surface area (Å²) in [6.45, 7) is 4.05. The van der Waals surface area contributed by atoms with Crippen LogP contribution in [0, 0.1) is 13.8 Å². The molecule has 0 fully saturated rings.